The molecule has 3 aromatic rings. The van der Waals surface area contributed by atoms with Gasteiger partial charge in [-0.2, -0.15) is 0 Å². The Balaban J connectivity index is 1.80. The van der Waals surface area contributed by atoms with E-state index in [1.807, 2.05) is 27.6 Å². The average molecular weight is 285 g/mol. The summed E-state index contributed by atoms with van der Waals surface area (Å²) in [6, 6.07) is 1.80. The van der Waals surface area contributed by atoms with Gasteiger partial charge in [0.2, 0.25) is 0 Å². The lowest BCUT2D eigenvalue weighted by molar-refractivity contribution is 0.181. The number of aliphatic hydroxyl groups excluding tert-OH is 1. The molecule has 0 amide bonds. The molecular formula is C11H9ClN2OS2. The van der Waals surface area contributed by atoms with Gasteiger partial charge in [-0.3, -0.25) is 4.40 Å². The number of halogens is 1. The third-order valence-corrected chi connectivity index (χ3v) is 4.61. The van der Waals surface area contributed by atoms with E-state index in [0.29, 0.717) is 11.4 Å². The zero-order valence-electron chi connectivity index (χ0n) is 8.71. The number of hydrogen-bond acceptors (Lipinski definition) is 4. The van der Waals surface area contributed by atoms with Crippen LogP contribution in [0.4, 0.5) is 0 Å². The van der Waals surface area contributed by atoms with Gasteiger partial charge in [-0.1, -0.05) is 11.6 Å². The number of thiophene rings is 1. The van der Waals surface area contributed by atoms with E-state index >= 15 is 0 Å². The van der Waals surface area contributed by atoms with E-state index in [4.69, 9.17) is 11.6 Å². The molecule has 0 fully saturated rings. The lowest BCUT2D eigenvalue weighted by Gasteiger charge is -2.05. The van der Waals surface area contributed by atoms with Crippen molar-refractivity contribution < 1.29 is 5.11 Å². The van der Waals surface area contributed by atoms with E-state index < -0.39 is 6.10 Å². The van der Waals surface area contributed by atoms with Crippen LogP contribution >= 0.6 is 34.3 Å². The fourth-order valence-electron chi connectivity index (χ4n) is 1.68. The van der Waals surface area contributed by atoms with Crippen LogP contribution < -0.4 is 0 Å². The first-order valence-corrected chi connectivity index (χ1v) is 7.19. The van der Waals surface area contributed by atoms with Gasteiger partial charge in [0.15, 0.2) is 4.96 Å². The molecule has 3 heterocycles. The van der Waals surface area contributed by atoms with Gasteiger partial charge in [-0.05, 0) is 6.07 Å². The maximum absolute atomic E-state index is 10.1. The Morgan fingerprint density at radius 3 is 3.06 bits per heavy atom. The molecular weight excluding hydrogens is 276 g/mol. The van der Waals surface area contributed by atoms with Crippen LogP contribution in [0.3, 0.4) is 0 Å². The van der Waals surface area contributed by atoms with Crippen molar-refractivity contribution in [2.45, 2.75) is 12.5 Å². The van der Waals surface area contributed by atoms with Crippen LogP contribution in [-0.2, 0) is 6.42 Å². The molecule has 3 aromatic heterocycles. The van der Waals surface area contributed by atoms with E-state index in [1.54, 1.807) is 17.4 Å². The Kier molecular flexibility index (Phi) is 2.92. The molecule has 0 saturated carbocycles. The molecule has 1 N–H and O–H groups in total. The summed E-state index contributed by atoms with van der Waals surface area (Å²) in [6.45, 7) is 0. The molecule has 0 bridgehead atoms. The first-order valence-electron chi connectivity index (χ1n) is 5.05. The van der Waals surface area contributed by atoms with Crippen molar-refractivity contribution in [1.82, 2.24) is 9.38 Å². The first-order chi connectivity index (χ1) is 8.22. The first kappa shape index (κ1) is 11.2. The van der Waals surface area contributed by atoms with Crippen LogP contribution in [-0.4, -0.2) is 14.5 Å². The lowest BCUT2D eigenvalue weighted by Crippen LogP contribution is -1.99. The van der Waals surface area contributed by atoms with Crippen molar-refractivity contribution in [3.63, 3.8) is 0 Å². The fourth-order valence-corrected chi connectivity index (χ4v) is 3.46. The second kappa shape index (κ2) is 4.42. The van der Waals surface area contributed by atoms with Crippen molar-refractivity contribution in [2.75, 3.05) is 0 Å². The molecule has 0 aliphatic rings. The Morgan fingerprint density at radius 2 is 2.35 bits per heavy atom. The Morgan fingerprint density at radius 1 is 1.47 bits per heavy atom. The van der Waals surface area contributed by atoms with Crippen molar-refractivity contribution in [1.29, 1.82) is 0 Å². The Labute approximate surface area is 111 Å². The maximum atomic E-state index is 10.1. The van der Waals surface area contributed by atoms with Gasteiger partial charge < -0.3 is 5.11 Å². The molecule has 0 aromatic carbocycles. The average Bonchev–Trinajstić information content (AvgIpc) is 2.92. The quantitative estimate of drug-likeness (QED) is 0.800. The number of aromatic nitrogens is 2. The number of fused-ring (bicyclic) bond motifs is 1. The van der Waals surface area contributed by atoms with E-state index in [2.05, 4.69) is 4.98 Å². The molecule has 0 spiro atoms. The van der Waals surface area contributed by atoms with Crippen LogP contribution in [0, 0.1) is 0 Å². The zero-order valence-corrected chi connectivity index (χ0v) is 11.1. The maximum Gasteiger partial charge on any atom is 0.193 e. The predicted molar refractivity (Wildman–Crippen MR) is 71.1 cm³/mol. The minimum Gasteiger partial charge on any atom is -0.387 e. The highest BCUT2D eigenvalue weighted by Crippen LogP contribution is 2.27. The molecule has 0 saturated heterocycles. The highest BCUT2D eigenvalue weighted by Gasteiger charge is 2.13. The molecule has 3 nitrogen and oxygen atoms in total. The van der Waals surface area contributed by atoms with Gasteiger partial charge in [-0.25, -0.2) is 4.98 Å². The summed E-state index contributed by atoms with van der Waals surface area (Å²) < 4.78 is 1.97. The normalized spacial score (nSPS) is 13.3. The third kappa shape index (κ3) is 2.24. The monoisotopic (exact) mass is 284 g/mol. The summed E-state index contributed by atoms with van der Waals surface area (Å²) in [4.78, 5) is 6.27. The van der Waals surface area contributed by atoms with Gasteiger partial charge >= 0.3 is 0 Å². The van der Waals surface area contributed by atoms with Crippen molar-refractivity contribution in [3.8, 4) is 0 Å². The largest absolute Gasteiger partial charge is 0.387 e. The number of thiazole rings is 1. The van der Waals surface area contributed by atoms with Crippen molar-refractivity contribution >= 4 is 39.2 Å². The van der Waals surface area contributed by atoms with E-state index in [1.165, 1.54) is 11.3 Å². The van der Waals surface area contributed by atoms with Gasteiger partial charge in [0.25, 0.3) is 0 Å². The summed E-state index contributed by atoms with van der Waals surface area (Å²) in [7, 11) is 0. The summed E-state index contributed by atoms with van der Waals surface area (Å²) in [5.41, 5.74) is 0.897. The Bertz CT molecular complexity index is 614. The molecule has 6 heteroatoms. The van der Waals surface area contributed by atoms with Gasteiger partial charge in [0.05, 0.1) is 16.8 Å². The molecule has 0 radical (unpaired) electrons. The highest BCUT2D eigenvalue weighted by molar-refractivity contribution is 7.15. The van der Waals surface area contributed by atoms with Crippen molar-refractivity contribution in [2.24, 2.45) is 0 Å². The fraction of sp³-hybridized carbons (Fsp3) is 0.182. The van der Waals surface area contributed by atoms with Crippen LogP contribution in [0.15, 0.2) is 29.2 Å². The zero-order chi connectivity index (χ0) is 11.8. The smallest absolute Gasteiger partial charge is 0.193 e. The lowest BCUT2D eigenvalue weighted by atomic mass is 10.2. The van der Waals surface area contributed by atoms with Crippen molar-refractivity contribution in [3.05, 3.63) is 44.8 Å². The standard InChI is InChI=1S/C11H9ClN2OS2/c12-7-3-10(17-6-7)9(15)4-8-5-14-1-2-16-11(14)13-8/h1-3,5-6,9,15H,4H2. The van der Waals surface area contributed by atoms with Crippen LogP contribution in [0.25, 0.3) is 4.96 Å². The highest BCUT2D eigenvalue weighted by atomic mass is 35.5. The minimum atomic E-state index is -0.530. The SMILES string of the molecule is OC(Cc1cn2ccsc2n1)c1cc(Cl)cs1. The number of hydrogen-bond donors (Lipinski definition) is 1. The minimum absolute atomic E-state index is 0.519. The summed E-state index contributed by atoms with van der Waals surface area (Å²) in [6.07, 6.45) is 3.90. The topological polar surface area (TPSA) is 37.5 Å². The van der Waals surface area contributed by atoms with Gasteiger partial charge in [-0.15, -0.1) is 22.7 Å². The third-order valence-electron chi connectivity index (χ3n) is 2.46. The second-order valence-electron chi connectivity index (χ2n) is 3.71. The van der Waals surface area contributed by atoms with E-state index in [-0.39, 0.29) is 0 Å². The molecule has 0 aliphatic carbocycles. The summed E-state index contributed by atoms with van der Waals surface area (Å²) in [5, 5.41) is 14.5. The molecule has 1 unspecified atom stereocenters. The molecule has 1 atom stereocenters. The second-order valence-corrected chi connectivity index (χ2v) is 5.96. The summed E-state index contributed by atoms with van der Waals surface area (Å²) in [5.74, 6) is 0. The van der Waals surface area contributed by atoms with E-state index in [0.717, 1.165) is 15.5 Å². The molecule has 3 rings (SSSR count). The van der Waals surface area contributed by atoms with Gasteiger partial charge in [0, 0.05) is 34.5 Å². The van der Waals surface area contributed by atoms with Crippen LogP contribution in [0.5, 0.6) is 0 Å². The van der Waals surface area contributed by atoms with Crippen LogP contribution in [0.2, 0.25) is 5.02 Å². The number of aliphatic hydroxyl groups is 1. The molecule has 88 valence electrons. The van der Waals surface area contributed by atoms with E-state index in [9.17, 15) is 5.11 Å². The molecule has 17 heavy (non-hydrogen) atoms. The van der Waals surface area contributed by atoms with Crippen LogP contribution in [0.1, 0.15) is 16.7 Å². The number of nitrogens with zero attached hydrogens (tertiary/aromatic N) is 2. The molecule has 0 aliphatic heterocycles. The number of rotatable bonds is 3. The van der Waals surface area contributed by atoms with Gasteiger partial charge in [0.1, 0.15) is 0 Å². The number of imidazole rings is 1. The summed E-state index contributed by atoms with van der Waals surface area (Å²) >= 11 is 8.89. The predicted octanol–water partition coefficient (Wildman–Crippen LogP) is 3.39. The Hall–Kier alpha value is -0.880.